The van der Waals surface area contributed by atoms with Crippen LogP contribution >= 0.6 is 0 Å². The Hall–Kier alpha value is -2.04. The van der Waals surface area contributed by atoms with Gasteiger partial charge in [0.2, 0.25) is 5.91 Å². The lowest BCUT2D eigenvalue weighted by Gasteiger charge is -2.25. The standard InChI is InChI=1S/C14H20N2O3/c1-4-7-16(9-13(17)15-3)12-8-10(2)5-6-11(12)14(18)19/h5-6,8H,4,7,9H2,1-3H3,(H,15,17)(H,18,19). The molecule has 0 radical (unpaired) electrons. The van der Waals surface area contributed by atoms with Crippen LogP contribution in [-0.2, 0) is 4.79 Å². The van der Waals surface area contributed by atoms with Crippen LogP contribution in [0.25, 0.3) is 0 Å². The molecule has 104 valence electrons. The smallest absolute Gasteiger partial charge is 0.337 e. The number of nitrogens with one attached hydrogen (secondary N) is 1. The van der Waals surface area contributed by atoms with Gasteiger partial charge in [0.15, 0.2) is 0 Å². The molecule has 0 aliphatic heterocycles. The van der Waals surface area contributed by atoms with E-state index in [0.717, 1.165) is 12.0 Å². The van der Waals surface area contributed by atoms with Gasteiger partial charge in [-0.3, -0.25) is 4.79 Å². The normalized spacial score (nSPS) is 10.1. The minimum atomic E-state index is -0.979. The van der Waals surface area contributed by atoms with Crippen LogP contribution in [0.5, 0.6) is 0 Å². The number of nitrogens with zero attached hydrogens (tertiary/aromatic N) is 1. The van der Waals surface area contributed by atoms with Crippen LogP contribution in [0.15, 0.2) is 18.2 Å². The van der Waals surface area contributed by atoms with Crippen molar-refractivity contribution in [1.29, 1.82) is 0 Å². The molecule has 0 saturated carbocycles. The number of carboxylic acid groups (broad SMARTS) is 1. The maximum atomic E-state index is 11.5. The molecule has 0 saturated heterocycles. The molecule has 1 aromatic rings. The molecule has 5 heteroatoms. The lowest BCUT2D eigenvalue weighted by atomic mass is 10.1. The number of aryl methyl sites for hydroxylation is 1. The molecule has 5 nitrogen and oxygen atoms in total. The Balaban J connectivity index is 3.16. The molecule has 0 aliphatic rings. The summed E-state index contributed by atoms with van der Waals surface area (Å²) in [5.74, 6) is -1.11. The van der Waals surface area contributed by atoms with Crippen LogP contribution in [0.1, 0.15) is 29.3 Å². The largest absolute Gasteiger partial charge is 0.478 e. The number of rotatable bonds is 6. The predicted molar refractivity (Wildman–Crippen MR) is 74.7 cm³/mol. The maximum absolute atomic E-state index is 11.5. The number of aromatic carboxylic acids is 1. The molecule has 0 aromatic heterocycles. The molecular weight excluding hydrogens is 244 g/mol. The van der Waals surface area contributed by atoms with Gasteiger partial charge in [-0.05, 0) is 31.0 Å². The average molecular weight is 264 g/mol. The highest BCUT2D eigenvalue weighted by Gasteiger charge is 2.17. The van der Waals surface area contributed by atoms with Crippen molar-refractivity contribution in [2.24, 2.45) is 0 Å². The number of likely N-dealkylation sites (N-methyl/N-ethyl adjacent to an activating group) is 1. The fourth-order valence-electron chi connectivity index (χ4n) is 1.89. The van der Waals surface area contributed by atoms with E-state index in [1.807, 2.05) is 19.9 Å². The Morgan fingerprint density at radius 1 is 1.37 bits per heavy atom. The third kappa shape index (κ3) is 3.98. The van der Waals surface area contributed by atoms with Gasteiger partial charge in [0, 0.05) is 13.6 Å². The SMILES string of the molecule is CCCN(CC(=O)NC)c1cc(C)ccc1C(=O)O. The lowest BCUT2D eigenvalue weighted by molar-refractivity contribution is -0.119. The first kappa shape index (κ1) is 15.0. The Kier molecular flexibility index (Phi) is 5.36. The number of carboxylic acids is 1. The highest BCUT2D eigenvalue weighted by molar-refractivity contribution is 5.95. The van der Waals surface area contributed by atoms with E-state index in [4.69, 9.17) is 0 Å². The molecule has 0 bridgehead atoms. The number of amides is 1. The fourth-order valence-corrected chi connectivity index (χ4v) is 1.89. The molecule has 19 heavy (non-hydrogen) atoms. The summed E-state index contributed by atoms with van der Waals surface area (Å²) in [6.45, 7) is 4.69. The number of hydrogen-bond acceptors (Lipinski definition) is 3. The Bertz CT molecular complexity index is 472. The van der Waals surface area contributed by atoms with Crippen LogP contribution in [-0.4, -0.2) is 37.1 Å². The van der Waals surface area contributed by atoms with Crippen molar-refractivity contribution in [3.63, 3.8) is 0 Å². The third-order valence-corrected chi connectivity index (χ3v) is 2.83. The summed E-state index contributed by atoms with van der Waals surface area (Å²) in [6.07, 6.45) is 0.837. The van der Waals surface area contributed by atoms with E-state index in [-0.39, 0.29) is 18.0 Å². The number of benzene rings is 1. The minimum absolute atomic E-state index is 0.133. The van der Waals surface area contributed by atoms with Crippen molar-refractivity contribution in [2.45, 2.75) is 20.3 Å². The van der Waals surface area contributed by atoms with Gasteiger partial charge in [0.25, 0.3) is 0 Å². The number of carbonyl (C=O) groups is 2. The van der Waals surface area contributed by atoms with Crippen molar-refractivity contribution in [2.75, 3.05) is 25.0 Å². The van der Waals surface area contributed by atoms with Crippen LogP contribution in [0, 0.1) is 6.92 Å². The molecule has 0 unspecified atom stereocenters. The van der Waals surface area contributed by atoms with E-state index in [1.165, 1.54) is 0 Å². The van der Waals surface area contributed by atoms with Gasteiger partial charge in [-0.15, -0.1) is 0 Å². The molecule has 0 spiro atoms. The molecule has 1 aromatic carbocycles. The van der Waals surface area contributed by atoms with Gasteiger partial charge in [-0.2, -0.15) is 0 Å². The Labute approximate surface area is 113 Å². The minimum Gasteiger partial charge on any atom is -0.478 e. The summed E-state index contributed by atoms with van der Waals surface area (Å²) >= 11 is 0. The molecule has 1 rings (SSSR count). The number of carbonyl (C=O) groups excluding carboxylic acids is 1. The quantitative estimate of drug-likeness (QED) is 0.819. The molecular formula is C14H20N2O3. The number of hydrogen-bond donors (Lipinski definition) is 2. The van der Waals surface area contributed by atoms with Crippen LogP contribution < -0.4 is 10.2 Å². The molecule has 2 N–H and O–H groups in total. The molecule has 0 aliphatic carbocycles. The van der Waals surface area contributed by atoms with E-state index in [1.54, 1.807) is 24.1 Å². The summed E-state index contributed by atoms with van der Waals surface area (Å²) in [4.78, 5) is 24.6. The monoisotopic (exact) mass is 264 g/mol. The first-order valence-electron chi connectivity index (χ1n) is 6.29. The van der Waals surface area contributed by atoms with Crippen molar-refractivity contribution >= 4 is 17.6 Å². The zero-order valence-electron chi connectivity index (χ0n) is 11.6. The van der Waals surface area contributed by atoms with Gasteiger partial charge in [-0.25, -0.2) is 4.79 Å². The van der Waals surface area contributed by atoms with Crippen molar-refractivity contribution in [1.82, 2.24) is 5.32 Å². The Morgan fingerprint density at radius 3 is 2.58 bits per heavy atom. The molecule has 1 amide bonds. The molecule has 0 fully saturated rings. The molecule has 0 atom stereocenters. The summed E-state index contributed by atoms with van der Waals surface area (Å²) < 4.78 is 0. The third-order valence-electron chi connectivity index (χ3n) is 2.83. The van der Waals surface area contributed by atoms with E-state index in [2.05, 4.69) is 5.32 Å². The first-order valence-corrected chi connectivity index (χ1v) is 6.29. The topological polar surface area (TPSA) is 69.6 Å². The van der Waals surface area contributed by atoms with Gasteiger partial charge in [0.1, 0.15) is 0 Å². The van der Waals surface area contributed by atoms with Crippen molar-refractivity contribution in [3.05, 3.63) is 29.3 Å². The highest BCUT2D eigenvalue weighted by Crippen LogP contribution is 2.22. The van der Waals surface area contributed by atoms with E-state index in [0.29, 0.717) is 12.2 Å². The summed E-state index contributed by atoms with van der Waals surface area (Å²) in [5.41, 5.74) is 1.79. The second-order valence-electron chi connectivity index (χ2n) is 4.42. The van der Waals surface area contributed by atoms with Crippen LogP contribution in [0.2, 0.25) is 0 Å². The fraction of sp³-hybridized carbons (Fsp3) is 0.429. The van der Waals surface area contributed by atoms with Gasteiger partial charge in [-0.1, -0.05) is 13.0 Å². The Morgan fingerprint density at radius 2 is 2.05 bits per heavy atom. The second kappa shape index (κ2) is 6.78. The zero-order chi connectivity index (χ0) is 14.4. The summed E-state index contributed by atoms with van der Waals surface area (Å²) in [7, 11) is 1.57. The van der Waals surface area contributed by atoms with Crippen LogP contribution in [0.3, 0.4) is 0 Å². The maximum Gasteiger partial charge on any atom is 0.337 e. The van der Waals surface area contributed by atoms with E-state index < -0.39 is 5.97 Å². The van der Waals surface area contributed by atoms with Gasteiger partial charge >= 0.3 is 5.97 Å². The summed E-state index contributed by atoms with van der Waals surface area (Å²) in [5, 5.41) is 11.8. The lowest BCUT2D eigenvalue weighted by Crippen LogP contribution is -2.37. The number of anilines is 1. The second-order valence-corrected chi connectivity index (χ2v) is 4.42. The first-order chi connectivity index (χ1) is 8.99. The molecule has 0 heterocycles. The van der Waals surface area contributed by atoms with E-state index >= 15 is 0 Å². The average Bonchev–Trinajstić information content (AvgIpc) is 2.37. The van der Waals surface area contributed by atoms with Crippen molar-refractivity contribution in [3.8, 4) is 0 Å². The highest BCUT2D eigenvalue weighted by atomic mass is 16.4. The van der Waals surface area contributed by atoms with Crippen molar-refractivity contribution < 1.29 is 14.7 Å². The van der Waals surface area contributed by atoms with Gasteiger partial charge in [0.05, 0.1) is 17.8 Å². The van der Waals surface area contributed by atoms with Gasteiger partial charge < -0.3 is 15.3 Å². The summed E-state index contributed by atoms with van der Waals surface area (Å²) in [6, 6.07) is 5.15. The zero-order valence-corrected chi connectivity index (χ0v) is 11.6. The van der Waals surface area contributed by atoms with Crippen LogP contribution in [0.4, 0.5) is 5.69 Å². The van der Waals surface area contributed by atoms with E-state index in [9.17, 15) is 14.7 Å². The predicted octanol–water partition coefficient (Wildman–Crippen LogP) is 1.66.